The summed E-state index contributed by atoms with van der Waals surface area (Å²) >= 11 is 1.50. The fourth-order valence-corrected chi connectivity index (χ4v) is 1.66. The Morgan fingerprint density at radius 1 is 1.50 bits per heavy atom. The molecule has 0 amide bonds. The minimum atomic E-state index is -0.401. The van der Waals surface area contributed by atoms with Crippen molar-refractivity contribution < 1.29 is 14.6 Å². The maximum atomic E-state index is 11.2. The van der Waals surface area contributed by atoms with Crippen LogP contribution in [0.25, 0.3) is 0 Å². The first-order valence-electron chi connectivity index (χ1n) is 4.79. The molecule has 1 unspecified atom stereocenters. The van der Waals surface area contributed by atoms with Crippen LogP contribution in [0.2, 0.25) is 0 Å². The number of hydrogen-bond acceptors (Lipinski definition) is 4. The monoisotopic (exact) mass is 220 g/mol. The van der Waals surface area contributed by atoms with Gasteiger partial charge in [0, 0.05) is 0 Å². The summed E-state index contributed by atoms with van der Waals surface area (Å²) in [5, 5.41) is 8.97. The second-order valence-corrected chi connectivity index (χ2v) is 5.38. The summed E-state index contributed by atoms with van der Waals surface area (Å²) in [7, 11) is 0. The summed E-state index contributed by atoms with van der Waals surface area (Å²) in [6.07, 6.45) is 0.425. The molecule has 0 rings (SSSR count). The molecule has 0 spiro atoms. The standard InChI is InChI=1S/C10H20O3S/c1-8(11)5-6-14-7-9(12)13-10(2,3)4/h8,11H,5-7H2,1-4H3. The van der Waals surface area contributed by atoms with Crippen LogP contribution in [-0.2, 0) is 9.53 Å². The highest BCUT2D eigenvalue weighted by molar-refractivity contribution is 7.99. The van der Waals surface area contributed by atoms with E-state index in [4.69, 9.17) is 9.84 Å². The predicted octanol–water partition coefficient (Wildman–Crippen LogP) is 1.83. The highest BCUT2D eigenvalue weighted by Crippen LogP contribution is 2.11. The molecule has 14 heavy (non-hydrogen) atoms. The van der Waals surface area contributed by atoms with Crippen molar-refractivity contribution in [2.45, 2.75) is 45.8 Å². The van der Waals surface area contributed by atoms with Gasteiger partial charge in [-0.1, -0.05) is 0 Å². The largest absolute Gasteiger partial charge is 0.459 e. The van der Waals surface area contributed by atoms with Gasteiger partial charge in [0.25, 0.3) is 0 Å². The maximum absolute atomic E-state index is 11.2. The summed E-state index contributed by atoms with van der Waals surface area (Å²) in [4.78, 5) is 11.2. The average Bonchev–Trinajstić information content (AvgIpc) is 1.94. The Morgan fingerprint density at radius 3 is 2.50 bits per heavy atom. The Morgan fingerprint density at radius 2 is 2.07 bits per heavy atom. The van der Waals surface area contributed by atoms with E-state index < -0.39 is 5.60 Å². The van der Waals surface area contributed by atoms with Crippen molar-refractivity contribution in [3.63, 3.8) is 0 Å². The first-order chi connectivity index (χ1) is 6.31. The Balaban J connectivity index is 3.46. The zero-order valence-corrected chi connectivity index (χ0v) is 10.2. The van der Waals surface area contributed by atoms with Gasteiger partial charge in [0.1, 0.15) is 5.60 Å². The van der Waals surface area contributed by atoms with Gasteiger partial charge in [0.2, 0.25) is 0 Å². The third-order valence-electron chi connectivity index (χ3n) is 1.32. The van der Waals surface area contributed by atoms with Crippen LogP contribution in [0.5, 0.6) is 0 Å². The molecule has 1 atom stereocenters. The highest BCUT2D eigenvalue weighted by atomic mass is 32.2. The lowest BCUT2D eigenvalue weighted by Crippen LogP contribution is -2.25. The van der Waals surface area contributed by atoms with E-state index in [2.05, 4.69) is 0 Å². The van der Waals surface area contributed by atoms with Crippen molar-refractivity contribution in [3.8, 4) is 0 Å². The number of hydrogen-bond donors (Lipinski definition) is 1. The number of aliphatic hydroxyl groups is 1. The van der Waals surface area contributed by atoms with Crippen LogP contribution >= 0.6 is 11.8 Å². The van der Waals surface area contributed by atoms with E-state index in [0.29, 0.717) is 12.2 Å². The van der Waals surface area contributed by atoms with Gasteiger partial charge in [-0.3, -0.25) is 4.79 Å². The van der Waals surface area contributed by atoms with Crippen LogP contribution in [0.1, 0.15) is 34.1 Å². The quantitative estimate of drug-likeness (QED) is 0.567. The van der Waals surface area contributed by atoms with E-state index >= 15 is 0 Å². The topological polar surface area (TPSA) is 46.5 Å². The second-order valence-electron chi connectivity index (χ2n) is 4.28. The molecule has 0 saturated heterocycles. The van der Waals surface area contributed by atoms with Crippen molar-refractivity contribution in [3.05, 3.63) is 0 Å². The van der Waals surface area contributed by atoms with Crippen molar-refractivity contribution >= 4 is 17.7 Å². The third-order valence-corrected chi connectivity index (χ3v) is 2.28. The lowest BCUT2D eigenvalue weighted by molar-refractivity contribution is -0.151. The molecular formula is C10H20O3S. The molecule has 0 aliphatic carbocycles. The van der Waals surface area contributed by atoms with Gasteiger partial charge >= 0.3 is 5.97 Å². The molecule has 0 aliphatic rings. The molecule has 84 valence electrons. The Bertz CT molecular complexity index is 173. The normalized spacial score (nSPS) is 13.8. The summed E-state index contributed by atoms with van der Waals surface area (Å²) in [6, 6.07) is 0. The van der Waals surface area contributed by atoms with Crippen LogP contribution < -0.4 is 0 Å². The van der Waals surface area contributed by atoms with Crippen LogP contribution in [0.15, 0.2) is 0 Å². The van der Waals surface area contributed by atoms with Gasteiger partial charge in [0.15, 0.2) is 0 Å². The molecule has 0 fully saturated rings. The van der Waals surface area contributed by atoms with Crippen molar-refractivity contribution in [1.82, 2.24) is 0 Å². The maximum Gasteiger partial charge on any atom is 0.316 e. The molecule has 4 heteroatoms. The van der Waals surface area contributed by atoms with E-state index in [1.54, 1.807) is 6.92 Å². The van der Waals surface area contributed by atoms with Gasteiger partial charge in [-0.05, 0) is 39.9 Å². The predicted molar refractivity (Wildman–Crippen MR) is 59.5 cm³/mol. The van der Waals surface area contributed by atoms with E-state index in [1.807, 2.05) is 20.8 Å². The van der Waals surface area contributed by atoms with Crippen molar-refractivity contribution in [2.75, 3.05) is 11.5 Å². The molecular weight excluding hydrogens is 200 g/mol. The molecule has 0 saturated carbocycles. The van der Waals surface area contributed by atoms with Crippen molar-refractivity contribution in [1.29, 1.82) is 0 Å². The van der Waals surface area contributed by atoms with Gasteiger partial charge in [-0.2, -0.15) is 11.8 Å². The molecule has 0 radical (unpaired) electrons. The lowest BCUT2D eigenvalue weighted by atomic mass is 10.2. The number of rotatable bonds is 5. The zero-order chi connectivity index (χ0) is 11.2. The highest BCUT2D eigenvalue weighted by Gasteiger charge is 2.15. The van der Waals surface area contributed by atoms with Gasteiger partial charge < -0.3 is 9.84 Å². The number of thioether (sulfide) groups is 1. The van der Waals surface area contributed by atoms with E-state index in [1.165, 1.54) is 11.8 Å². The Kier molecular flexibility index (Phi) is 6.20. The molecule has 0 aliphatic heterocycles. The van der Waals surface area contributed by atoms with Crippen LogP contribution in [0, 0.1) is 0 Å². The number of carbonyl (C=O) groups is 1. The summed E-state index contributed by atoms with van der Waals surface area (Å²) in [6.45, 7) is 7.30. The summed E-state index contributed by atoms with van der Waals surface area (Å²) < 4.78 is 5.12. The van der Waals surface area contributed by atoms with Crippen LogP contribution in [0.4, 0.5) is 0 Å². The summed E-state index contributed by atoms with van der Waals surface area (Å²) in [5.41, 5.74) is -0.401. The number of esters is 1. The minimum Gasteiger partial charge on any atom is -0.459 e. The van der Waals surface area contributed by atoms with E-state index in [0.717, 1.165) is 5.75 Å². The van der Waals surface area contributed by atoms with Gasteiger partial charge in [0.05, 0.1) is 11.9 Å². The smallest absolute Gasteiger partial charge is 0.316 e. The van der Waals surface area contributed by atoms with E-state index in [-0.39, 0.29) is 12.1 Å². The Hall–Kier alpha value is -0.220. The minimum absolute atomic E-state index is 0.187. The van der Waals surface area contributed by atoms with Crippen LogP contribution in [-0.4, -0.2) is 34.3 Å². The molecule has 3 nitrogen and oxygen atoms in total. The molecule has 0 aromatic heterocycles. The van der Waals surface area contributed by atoms with Crippen molar-refractivity contribution in [2.24, 2.45) is 0 Å². The molecule has 0 aromatic carbocycles. The fraction of sp³-hybridized carbons (Fsp3) is 0.900. The molecule has 0 aromatic rings. The second kappa shape index (κ2) is 6.30. The van der Waals surface area contributed by atoms with Gasteiger partial charge in [-0.15, -0.1) is 0 Å². The number of aliphatic hydroxyl groups excluding tert-OH is 1. The molecule has 0 heterocycles. The first kappa shape index (κ1) is 13.8. The fourth-order valence-electron chi connectivity index (χ4n) is 0.780. The van der Waals surface area contributed by atoms with Crippen LogP contribution in [0.3, 0.4) is 0 Å². The zero-order valence-electron chi connectivity index (χ0n) is 9.37. The molecule has 0 bridgehead atoms. The van der Waals surface area contributed by atoms with E-state index in [9.17, 15) is 4.79 Å². The lowest BCUT2D eigenvalue weighted by Gasteiger charge is -2.19. The third kappa shape index (κ3) is 9.86. The SMILES string of the molecule is CC(O)CCSCC(=O)OC(C)(C)C. The number of ether oxygens (including phenoxy) is 1. The van der Waals surface area contributed by atoms with Gasteiger partial charge in [-0.25, -0.2) is 0 Å². The Labute approximate surface area is 90.2 Å². The molecule has 1 N–H and O–H groups in total. The number of carbonyl (C=O) groups excluding carboxylic acids is 1. The average molecular weight is 220 g/mol. The first-order valence-corrected chi connectivity index (χ1v) is 5.94. The summed E-state index contributed by atoms with van der Waals surface area (Å²) in [5.74, 6) is 0.967.